The molecule has 0 spiro atoms. The van der Waals surface area contributed by atoms with Crippen molar-refractivity contribution >= 4 is 21.6 Å². The highest BCUT2D eigenvalue weighted by Crippen LogP contribution is 2.36. The number of nitrogens with zero attached hydrogens (tertiary/aromatic N) is 1. The molecule has 2 nitrogen and oxygen atoms in total. The molecular weight excluding hydrogens is 297 g/mol. The first-order valence-corrected chi connectivity index (χ1v) is 6.00. The third-order valence-corrected chi connectivity index (χ3v) is 2.81. The maximum absolute atomic E-state index is 13.6. The van der Waals surface area contributed by atoms with Crippen molar-refractivity contribution in [2.24, 2.45) is 0 Å². The summed E-state index contributed by atoms with van der Waals surface area (Å²) in [5, 5.41) is 0. The molecule has 18 heavy (non-hydrogen) atoms. The summed E-state index contributed by atoms with van der Waals surface area (Å²) in [4.78, 5) is 3.15. The second kappa shape index (κ2) is 5.19. The van der Waals surface area contributed by atoms with Gasteiger partial charge in [-0.15, -0.1) is 0 Å². The van der Waals surface area contributed by atoms with E-state index >= 15 is 0 Å². The number of halogens is 2. The lowest BCUT2D eigenvalue weighted by Gasteiger charge is -2.09. The molecule has 0 radical (unpaired) electrons. The topological polar surface area (TPSA) is 13.6 Å². The van der Waals surface area contributed by atoms with Gasteiger partial charge in [-0.2, -0.15) is 0 Å². The second-order valence-electron chi connectivity index (χ2n) is 3.76. The van der Waals surface area contributed by atoms with Crippen molar-refractivity contribution in [3.63, 3.8) is 0 Å². The molecule has 0 saturated carbocycles. The first-order chi connectivity index (χ1) is 8.60. The number of benzene rings is 2. The Morgan fingerprint density at radius 1 is 1.22 bits per heavy atom. The van der Waals surface area contributed by atoms with Crippen LogP contribution in [0.15, 0.2) is 40.9 Å². The van der Waals surface area contributed by atoms with Crippen LogP contribution in [0.25, 0.3) is 4.85 Å². The summed E-state index contributed by atoms with van der Waals surface area (Å²) < 4.78 is 19.6. The SMILES string of the molecule is [C-]#[N+]c1c(F)cc(Br)cc1Oc1ccc(C)cc1. The van der Waals surface area contributed by atoms with Crippen molar-refractivity contribution in [1.29, 1.82) is 0 Å². The van der Waals surface area contributed by atoms with E-state index in [0.717, 1.165) is 5.56 Å². The summed E-state index contributed by atoms with van der Waals surface area (Å²) in [6.45, 7) is 8.95. The van der Waals surface area contributed by atoms with Crippen molar-refractivity contribution < 1.29 is 9.13 Å². The minimum absolute atomic E-state index is 0.112. The molecule has 2 aromatic rings. The second-order valence-corrected chi connectivity index (χ2v) is 4.68. The van der Waals surface area contributed by atoms with Crippen LogP contribution in [0.2, 0.25) is 0 Å². The van der Waals surface area contributed by atoms with E-state index < -0.39 is 5.82 Å². The van der Waals surface area contributed by atoms with E-state index in [4.69, 9.17) is 11.3 Å². The molecule has 0 saturated heterocycles. The summed E-state index contributed by atoms with van der Waals surface area (Å²) in [6.07, 6.45) is 0. The standard InChI is InChI=1S/C14H9BrFNO/c1-9-3-5-11(6-4-9)18-13-8-10(15)7-12(16)14(13)17-2/h3-8H,1H3. The molecule has 0 heterocycles. The molecule has 0 amide bonds. The molecular formula is C14H9BrFNO. The van der Waals surface area contributed by atoms with Crippen molar-refractivity contribution in [3.05, 3.63) is 63.7 Å². The van der Waals surface area contributed by atoms with E-state index in [-0.39, 0.29) is 11.4 Å². The normalized spacial score (nSPS) is 9.89. The number of hydrogen-bond donors (Lipinski definition) is 0. The summed E-state index contributed by atoms with van der Waals surface area (Å²) in [5.41, 5.74) is 0.993. The minimum Gasteiger partial charge on any atom is -0.468 e. The fourth-order valence-electron chi connectivity index (χ4n) is 1.46. The highest BCUT2D eigenvalue weighted by Gasteiger charge is 2.12. The van der Waals surface area contributed by atoms with Crippen LogP contribution in [0.1, 0.15) is 5.56 Å². The van der Waals surface area contributed by atoms with Gasteiger partial charge >= 0.3 is 0 Å². The number of aryl methyl sites for hydroxylation is 1. The Balaban J connectivity index is 2.40. The Bertz CT molecular complexity index is 617. The molecule has 4 heteroatoms. The first kappa shape index (κ1) is 12.6. The average Bonchev–Trinajstić information content (AvgIpc) is 2.32. The van der Waals surface area contributed by atoms with Gasteiger partial charge in [0.1, 0.15) is 17.3 Å². The molecule has 2 aromatic carbocycles. The third-order valence-electron chi connectivity index (χ3n) is 2.35. The van der Waals surface area contributed by atoms with E-state index in [1.165, 1.54) is 6.07 Å². The fourth-order valence-corrected chi connectivity index (χ4v) is 1.87. The zero-order chi connectivity index (χ0) is 13.1. The van der Waals surface area contributed by atoms with Crippen LogP contribution in [0, 0.1) is 19.3 Å². The van der Waals surface area contributed by atoms with Crippen LogP contribution < -0.4 is 4.74 Å². The van der Waals surface area contributed by atoms with Gasteiger partial charge in [0.15, 0.2) is 0 Å². The Morgan fingerprint density at radius 2 is 1.89 bits per heavy atom. The molecule has 2 rings (SSSR count). The van der Waals surface area contributed by atoms with Gasteiger partial charge in [-0.25, -0.2) is 9.24 Å². The van der Waals surface area contributed by atoms with Gasteiger partial charge in [0, 0.05) is 4.47 Å². The smallest absolute Gasteiger partial charge is 0.263 e. The summed E-state index contributed by atoms with van der Waals surface area (Å²) in [5.74, 6) is 0.185. The van der Waals surface area contributed by atoms with Gasteiger partial charge in [-0.1, -0.05) is 33.6 Å². The largest absolute Gasteiger partial charge is 0.468 e. The van der Waals surface area contributed by atoms with Crippen molar-refractivity contribution in [1.82, 2.24) is 0 Å². The monoisotopic (exact) mass is 305 g/mol. The quantitative estimate of drug-likeness (QED) is 0.692. The third kappa shape index (κ3) is 2.69. The lowest BCUT2D eigenvalue weighted by molar-refractivity contribution is 0.480. The van der Waals surface area contributed by atoms with Gasteiger partial charge in [0.25, 0.3) is 5.69 Å². The Morgan fingerprint density at radius 3 is 2.50 bits per heavy atom. The van der Waals surface area contributed by atoms with Crippen LogP contribution in [0.3, 0.4) is 0 Å². The van der Waals surface area contributed by atoms with Crippen LogP contribution in [-0.2, 0) is 0 Å². The molecule has 0 aliphatic heterocycles. The Labute approximate surface area is 113 Å². The summed E-state index contributed by atoms with van der Waals surface area (Å²) in [7, 11) is 0. The van der Waals surface area contributed by atoms with Gasteiger partial charge in [-0.3, -0.25) is 0 Å². The van der Waals surface area contributed by atoms with E-state index in [1.54, 1.807) is 18.2 Å². The lowest BCUT2D eigenvalue weighted by atomic mass is 10.2. The highest BCUT2D eigenvalue weighted by molar-refractivity contribution is 9.10. The fraction of sp³-hybridized carbons (Fsp3) is 0.0714. The molecule has 0 aliphatic rings. The molecule has 0 fully saturated rings. The molecule has 0 aliphatic carbocycles. The van der Waals surface area contributed by atoms with Crippen molar-refractivity contribution in [2.75, 3.05) is 0 Å². The predicted molar refractivity (Wildman–Crippen MR) is 71.6 cm³/mol. The van der Waals surface area contributed by atoms with Gasteiger partial charge in [0.2, 0.25) is 0 Å². The zero-order valence-electron chi connectivity index (χ0n) is 9.58. The number of ether oxygens (including phenoxy) is 1. The van der Waals surface area contributed by atoms with Gasteiger partial charge < -0.3 is 4.74 Å². The Kier molecular flexibility index (Phi) is 3.63. The maximum atomic E-state index is 13.6. The van der Waals surface area contributed by atoms with E-state index in [2.05, 4.69) is 20.8 Å². The van der Waals surface area contributed by atoms with Crippen LogP contribution in [0.4, 0.5) is 10.1 Å². The van der Waals surface area contributed by atoms with Crippen molar-refractivity contribution in [3.8, 4) is 11.5 Å². The molecule has 0 atom stereocenters. The number of rotatable bonds is 2. The minimum atomic E-state index is -0.596. The van der Waals surface area contributed by atoms with Gasteiger partial charge in [-0.05, 0) is 31.2 Å². The van der Waals surface area contributed by atoms with Crippen LogP contribution in [0.5, 0.6) is 11.5 Å². The molecule has 0 bridgehead atoms. The molecule has 0 unspecified atom stereocenters. The molecule has 0 aromatic heterocycles. The summed E-state index contributed by atoms with van der Waals surface area (Å²) in [6, 6.07) is 10.2. The predicted octanol–water partition coefficient (Wildman–Crippen LogP) is 5.24. The number of hydrogen-bond acceptors (Lipinski definition) is 1. The summed E-state index contributed by atoms with van der Waals surface area (Å²) >= 11 is 3.18. The lowest BCUT2D eigenvalue weighted by Crippen LogP contribution is -1.87. The van der Waals surface area contributed by atoms with E-state index in [0.29, 0.717) is 10.2 Å². The van der Waals surface area contributed by atoms with Gasteiger partial charge in [0.05, 0.1) is 6.57 Å². The average molecular weight is 306 g/mol. The van der Waals surface area contributed by atoms with Crippen molar-refractivity contribution in [2.45, 2.75) is 6.92 Å². The molecule has 0 N–H and O–H groups in total. The van der Waals surface area contributed by atoms with Crippen LogP contribution >= 0.6 is 15.9 Å². The van der Waals surface area contributed by atoms with Crippen LogP contribution in [-0.4, -0.2) is 0 Å². The van der Waals surface area contributed by atoms with E-state index in [1.807, 2.05) is 19.1 Å². The Hall–Kier alpha value is -1.86. The van der Waals surface area contributed by atoms with E-state index in [9.17, 15) is 4.39 Å². The highest BCUT2D eigenvalue weighted by atomic mass is 79.9. The maximum Gasteiger partial charge on any atom is 0.263 e. The first-order valence-electron chi connectivity index (χ1n) is 5.21. The zero-order valence-corrected chi connectivity index (χ0v) is 11.2. The molecule has 90 valence electrons.